The second-order valence-corrected chi connectivity index (χ2v) is 5.35. The summed E-state index contributed by atoms with van der Waals surface area (Å²) in [4.78, 5) is 18.7. The average molecular weight is 248 g/mol. The summed E-state index contributed by atoms with van der Waals surface area (Å²) in [6.07, 6.45) is 8.00. The van der Waals surface area contributed by atoms with Crippen molar-refractivity contribution in [3.63, 3.8) is 0 Å². The van der Waals surface area contributed by atoms with E-state index in [1.54, 1.807) is 6.20 Å². The maximum absolute atomic E-state index is 12.5. The zero-order valence-corrected chi connectivity index (χ0v) is 10.6. The normalized spacial score (nSPS) is 27.9. The molecule has 0 radical (unpaired) electrons. The molecule has 1 amide bonds. The van der Waals surface area contributed by atoms with Crippen molar-refractivity contribution in [3.8, 4) is 0 Å². The molecule has 2 unspecified atom stereocenters. The van der Waals surface area contributed by atoms with E-state index in [9.17, 15) is 4.79 Å². The summed E-state index contributed by atoms with van der Waals surface area (Å²) in [5.74, 6) is 1.25. The van der Waals surface area contributed by atoms with Gasteiger partial charge < -0.3 is 15.2 Å². The van der Waals surface area contributed by atoms with Crippen LogP contribution in [0, 0.1) is 5.92 Å². The third-order valence-electron chi connectivity index (χ3n) is 4.19. The Labute approximate surface area is 107 Å². The van der Waals surface area contributed by atoms with Crippen molar-refractivity contribution in [1.82, 2.24) is 14.5 Å². The molecule has 0 aromatic carbocycles. The Morgan fingerprint density at radius 3 is 3.00 bits per heavy atom. The van der Waals surface area contributed by atoms with Crippen LogP contribution >= 0.6 is 0 Å². The molecule has 98 valence electrons. The molecule has 3 rings (SSSR count). The number of imidazole rings is 1. The Morgan fingerprint density at radius 1 is 1.33 bits per heavy atom. The lowest BCUT2D eigenvalue weighted by Crippen LogP contribution is -2.48. The number of amides is 1. The van der Waals surface area contributed by atoms with Crippen LogP contribution in [0.3, 0.4) is 0 Å². The van der Waals surface area contributed by atoms with Crippen LogP contribution in [0.15, 0.2) is 12.4 Å². The predicted molar refractivity (Wildman–Crippen MR) is 67.6 cm³/mol. The molecule has 1 fully saturated rings. The predicted octanol–water partition coefficient (Wildman–Crippen LogP) is 0.743. The number of nitrogens with two attached hydrogens (primary N) is 1. The minimum Gasteiger partial charge on any atom is -0.333 e. The van der Waals surface area contributed by atoms with Crippen LogP contribution in [-0.2, 0) is 17.9 Å². The van der Waals surface area contributed by atoms with E-state index in [1.807, 2.05) is 11.1 Å². The number of carbonyl (C=O) groups is 1. The van der Waals surface area contributed by atoms with Crippen molar-refractivity contribution in [2.24, 2.45) is 11.7 Å². The van der Waals surface area contributed by atoms with Crippen LogP contribution in [0.1, 0.15) is 31.5 Å². The van der Waals surface area contributed by atoms with Crippen molar-refractivity contribution in [2.75, 3.05) is 6.54 Å². The molecule has 0 spiro atoms. The van der Waals surface area contributed by atoms with Gasteiger partial charge in [-0.05, 0) is 12.8 Å². The number of fused-ring (bicyclic) bond motifs is 1. The van der Waals surface area contributed by atoms with Gasteiger partial charge in [0.15, 0.2) is 0 Å². The fraction of sp³-hybridized carbons (Fsp3) is 0.692. The molecule has 2 N–H and O–H groups in total. The lowest BCUT2D eigenvalue weighted by Gasteiger charge is -2.34. The van der Waals surface area contributed by atoms with E-state index >= 15 is 0 Å². The quantitative estimate of drug-likeness (QED) is 0.797. The lowest BCUT2D eigenvalue weighted by molar-refractivity contribution is -0.138. The van der Waals surface area contributed by atoms with Crippen LogP contribution in [0.2, 0.25) is 0 Å². The summed E-state index contributed by atoms with van der Waals surface area (Å²) in [6, 6.07) is 0.0490. The average Bonchev–Trinajstić information content (AvgIpc) is 2.85. The van der Waals surface area contributed by atoms with E-state index in [0.717, 1.165) is 44.6 Å². The molecule has 0 saturated heterocycles. The van der Waals surface area contributed by atoms with Gasteiger partial charge in [-0.3, -0.25) is 4.79 Å². The number of hydrogen-bond acceptors (Lipinski definition) is 3. The van der Waals surface area contributed by atoms with E-state index in [0.29, 0.717) is 6.54 Å². The fourth-order valence-electron chi connectivity index (χ4n) is 3.06. The van der Waals surface area contributed by atoms with Gasteiger partial charge in [0.2, 0.25) is 5.91 Å². The SMILES string of the molecule is NC1CCCCC1C(=O)N1CCn2ccnc2C1. The summed E-state index contributed by atoms with van der Waals surface area (Å²) in [5.41, 5.74) is 6.09. The van der Waals surface area contributed by atoms with E-state index in [4.69, 9.17) is 5.73 Å². The minimum absolute atomic E-state index is 0.0280. The molecular formula is C13H20N4O. The van der Waals surface area contributed by atoms with Crippen molar-refractivity contribution >= 4 is 5.91 Å². The van der Waals surface area contributed by atoms with Crippen LogP contribution in [0.5, 0.6) is 0 Å². The minimum atomic E-state index is 0.0280. The molecule has 2 heterocycles. The van der Waals surface area contributed by atoms with Gasteiger partial charge in [-0.2, -0.15) is 0 Å². The van der Waals surface area contributed by atoms with Crippen LogP contribution in [0.4, 0.5) is 0 Å². The zero-order valence-electron chi connectivity index (χ0n) is 10.6. The van der Waals surface area contributed by atoms with Crippen LogP contribution in [-0.4, -0.2) is 32.9 Å². The zero-order chi connectivity index (χ0) is 12.5. The molecule has 5 nitrogen and oxygen atoms in total. The third kappa shape index (κ3) is 2.03. The smallest absolute Gasteiger partial charge is 0.227 e. The lowest BCUT2D eigenvalue weighted by atomic mass is 9.84. The second kappa shape index (κ2) is 4.72. The van der Waals surface area contributed by atoms with Gasteiger partial charge in [-0.1, -0.05) is 12.8 Å². The molecule has 1 aliphatic carbocycles. The van der Waals surface area contributed by atoms with Gasteiger partial charge in [0.25, 0.3) is 0 Å². The molecule has 2 atom stereocenters. The molecule has 5 heteroatoms. The Balaban J connectivity index is 1.70. The van der Waals surface area contributed by atoms with Crippen molar-refractivity contribution < 1.29 is 4.79 Å². The summed E-state index contributed by atoms with van der Waals surface area (Å²) in [7, 11) is 0. The molecule has 18 heavy (non-hydrogen) atoms. The van der Waals surface area contributed by atoms with Crippen LogP contribution in [0.25, 0.3) is 0 Å². The van der Waals surface area contributed by atoms with Gasteiger partial charge in [0.1, 0.15) is 5.82 Å². The second-order valence-electron chi connectivity index (χ2n) is 5.35. The summed E-state index contributed by atoms with van der Waals surface area (Å²) < 4.78 is 2.12. The maximum Gasteiger partial charge on any atom is 0.227 e. The number of hydrogen-bond donors (Lipinski definition) is 1. The number of carbonyl (C=O) groups excluding carboxylic acids is 1. The maximum atomic E-state index is 12.5. The topological polar surface area (TPSA) is 64.2 Å². The Morgan fingerprint density at radius 2 is 2.17 bits per heavy atom. The van der Waals surface area contributed by atoms with Gasteiger partial charge in [0, 0.05) is 31.5 Å². The number of rotatable bonds is 1. The molecular weight excluding hydrogens is 228 g/mol. The van der Waals surface area contributed by atoms with Crippen molar-refractivity contribution in [3.05, 3.63) is 18.2 Å². The molecule has 1 aliphatic heterocycles. The highest BCUT2D eigenvalue weighted by Crippen LogP contribution is 2.26. The molecule has 1 aromatic rings. The van der Waals surface area contributed by atoms with Crippen molar-refractivity contribution in [1.29, 1.82) is 0 Å². The first-order chi connectivity index (χ1) is 8.75. The largest absolute Gasteiger partial charge is 0.333 e. The first kappa shape index (κ1) is 11.7. The van der Waals surface area contributed by atoms with E-state index in [-0.39, 0.29) is 17.9 Å². The van der Waals surface area contributed by atoms with Gasteiger partial charge in [0.05, 0.1) is 12.5 Å². The van der Waals surface area contributed by atoms with Gasteiger partial charge in [-0.15, -0.1) is 0 Å². The van der Waals surface area contributed by atoms with Gasteiger partial charge >= 0.3 is 0 Å². The van der Waals surface area contributed by atoms with Crippen molar-refractivity contribution in [2.45, 2.75) is 44.8 Å². The summed E-state index contributed by atoms with van der Waals surface area (Å²) in [6.45, 7) is 2.27. The molecule has 1 aromatic heterocycles. The number of aromatic nitrogens is 2. The molecule has 2 aliphatic rings. The summed E-state index contributed by atoms with van der Waals surface area (Å²) >= 11 is 0. The highest BCUT2D eigenvalue weighted by Gasteiger charge is 2.33. The Hall–Kier alpha value is -1.36. The monoisotopic (exact) mass is 248 g/mol. The fourth-order valence-corrected chi connectivity index (χ4v) is 3.06. The first-order valence-corrected chi connectivity index (χ1v) is 6.80. The van der Waals surface area contributed by atoms with E-state index in [2.05, 4.69) is 9.55 Å². The highest BCUT2D eigenvalue weighted by molar-refractivity contribution is 5.79. The highest BCUT2D eigenvalue weighted by atomic mass is 16.2. The third-order valence-corrected chi connectivity index (χ3v) is 4.19. The first-order valence-electron chi connectivity index (χ1n) is 6.80. The molecule has 1 saturated carbocycles. The number of nitrogens with zero attached hydrogens (tertiary/aromatic N) is 3. The van der Waals surface area contributed by atoms with Gasteiger partial charge in [-0.25, -0.2) is 4.98 Å². The van der Waals surface area contributed by atoms with Crippen LogP contribution < -0.4 is 5.73 Å². The summed E-state index contributed by atoms with van der Waals surface area (Å²) in [5, 5.41) is 0. The standard InChI is InChI=1S/C13H20N4O/c14-11-4-2-1-3-10(11)13(18)17-8-7-16-6-5-15-12(16)9-17/h5-6,10-11H,1-4,7-9,14H2. The van der Waals surface area contributed by atoms with E-state index < -0.39 is 0 Å². The Bertz CT molecular complexity index is 442. The molecule has 0 bridgehead atoms. The van der Waals surface area contributed by atoms with E-state index in [1.165, 1.54) is 0 Å². The Kier molecular flexibility index (Phi) is 3.07.